The number of halogens is 8. The molecule has 0 N–H and O–H groups in total. The van der Waals surface area contributed by atoms with Gasteiger partial charge in [0.2, 0.25) is 0 Å². The zero-order chi connectivity index (χ0) is 30.5. The largest absolute Gasteiger partial charge is 0.417 e. The Hall–Kier alpha value is -4.03. The van der Waals surface area contributed by atoms with Crippen LogP contribution in [0.1, 0.15) is 22.3 Å². The van der Waals surface area contributed by atoms with E-state index >= 15 is 0 Å². The average molecular weight is 619 g/mol. The van der Waals surface area contributed by atoms with E-state index in [1.807, 2.05) is 0 Å². The number of nitrogens with zero attached hydrogens (tertiary/aromatic N) is 2. The molecule has 0 aliphatic carbocycles. The van der Waals surface area contributed by atoms with Crippen molar-refractivity contribution >= 4 is 21.2 Å². The van der Waals surface area contributed by atoms with Crippen LogP contribution in [0.15, 0.2) is 63.6 Å². The Morgan fingerprint density at radius 2 is 1.56 bits per heavy atom. The lowest BCUT2D eigenvalue weighted by Crippen LogP contribution is -2.28. The molecule has 0 bridgehead atoms. The molecule has 5 nitrogen and oxygen atoms in total. The zero-order valence-electron chi connectivity index (χ0n) is 20.4. The van der Waals surface area contributed by atoms with Crippen LogP contribution in [-0.2, 0) is 28.7 Å². The van der Waals surface area contributed by atoms with E-state index in [0.29, 0.717) is 29.0 Å². The van der Waals surface area contributed by atoms with Gasteiger partial charge in [-0.25, -0.2) is 17.2 Å². The molecule has 0 saturated heterocycles. The van der Waals surface area contributed by atoms with Crippen molar-refractivity contribution in [2.75, 3.05) is 6.26 Å². The third kappa shape index (κ3) is 6.03. The standard InChI is InChI=1S/C26H14F8N2O3S2/c1-41(38,39)23-5-3-13(6-19(23)26(32,33)34)15-7-22(40-12-15)21-9-18(25(29,30)31)17(10-35)24(37)36(21)11-14-2-4-16(27)8-20(14)28/h2-9,12H,11H2,1H3. The molecule has 2 aromatic heterocycles. The maximum atomic E-state index is 14.4. The molecule has 4 aromatic rings. The summed E-state index contributed by atoms with van der Waals surface area (Å²) in [6, 6.07) is 7.59. The highest BCUT2D eigenvalue weighted by atomic mass is 32.2. The van der Waals surface area contributed by atoms with Gasteiger partial charge in [-0.05, 0) is 46.8 Å². The first-order valence-corrected chi connectivity index (χ1v) is 13.9. The number of rotatable bonds is 5. The third-order valence-electron chi connectivity index (χ3n) is 5.93. The summed E-state index contributed by atoms with van der Waals surface area (Å²) in [5.74, 6) is -2.06. The van der Waals surface area contributed by atoms with Gasteiger partial charge in [0.05, 0.1) is 33.1 Å². The van der Waals surface area contributed by atoms with E-state index in [4.69, 9.17) is 0 Å². The fourth-order valence-electron chi connectivity index (χ4n) is 4.04. The number of alkyl halides is 6. The number of benzene rings is 2. The molecule has 0 fully saturated rings. The summed E-state index contributed by atoms with van der Waals surface area (Å²) in [6.07, 6.45) is -9.60. The van der Waals surface area contributed by atoms with E-state index < -0.39 is 73.2 Å². The van der Waals surface area contributed by atoms with Gasteiger partial charge in [-0.2, -0.15) is 31.6 Å². The minimum atomic E-state index is -5.15. The Bertz CT molecular complexity index is 1880. The molecular weight excluding hydrogens is 604 g/mol. The van der Waals surface area contributed by atoms with E-state index in [2.05, 4.69) is 0 Å². The molecule has 214 valence electrons. The number of thiophene rings is 1. The lowest BCUT2D eigenvalue weighted by molar-refractivity contribution is -0.140. The van der Waals surface area contributed by atoms with Gasteiger partial charge in [0, 0.05) is 17.9 Å². The summed E-state index contributed by atoms with van der Waals surface area (Å²) < 4.78 is 135. The number of nitriles is 1. The summed E-state index contributed by atoms with van der Waals surface area (Å²) in [5, 5.41) is 10.6. The fraction of sp³-hybridized carbons (Fsp3) is 0.154. The first-order valence-electron chi connectivity index (χ1n) is 11.1. The van der Waals surface area contributed by atoms with E-state index in [-0.39, 0.29) is 21.6 Å². The smallest absolute Gasteiger partial charge is 0.302 e. The summed E-state index contributed by atoms with van der Waals surface area (Å²) in [6.45, 7) is -0.707. The van der Waals surface area contributed by atoms with Gasteiger partial charge in [0.1, 0.15) is 23.3 Å². The highest BCUT2D eigenvalue weighted by Gasteiger charge is 2.38. The molecule has 0 saturated carbocycles. The van der Waals surface area contributed by atoms with Crippen LogP contribution in [0, 0.1) is 23.0 Å². The topological polar surface area (TPSA) is 79.9 Å². The van der Waals surface area contributed by atoms with Crippen LogP contribution in [0.3, 0.4) is 0 Å². The predicted molar refractivity (Wildman–Crippen MR) is 133 cm³/mol. The van der Waals surface area contributed by atoms with Crippen molar-refractivity contribution in [1.29, 1.82) is 5.26 Å². The Labute approximate surface area is 230 Å². The van der Waals surface area contributed by atoms with Crippen LogP contribution in [0.2, 0.25) is 0 Å². The maximum Gasteiger partial charge on any atom is 0.417 e. The first-order chi connectivity index (χ1) is 18.9. The minimum absolute atomic E-state index is 0.0421. The van der Waals surface area contributed by atoms with Gasteiger partial charge in [-0.3, -0.25) is 4.79 Å². The summed E-state index contributed by atoms with van der Waals surface area (Å²) in [7, 11) is -4.27. The number of pyridine rings is 1. The molecular formula is C26H14F8N2O3S2. The lowest BCUT2D eigenvalue weighted by atomic mass is 10.0. The van der Waals surface area contributed by atoms with Crippen LogP contribution in [0.4, 0.5) is 35.1 Å². The van der Waals surface area contributed by atoms with Crippen LogP contribution in [-0.4, -0.2) is 19.2 Å². The number of hydrogen-bond acceptors (Lipinski definition) is 5. The van der Waals surface area contributed by atoms with Crippen LogP contribution < -0.4 is 5.56 Å². The van der Waals surface area contributed by atoms with E-state index in [1.165, 1.54) is 17.5 Å². The second kappa shape index (κ2) is 10.4. The Kier molecular flexibility index (Phi) is 7.61. The quantitative estimate of drug-likeness (QED) is 0.229. The van der Waals surface area contributed by atoms with Gasteiger partial charge in [-0.1, -0.05) is 12.1 Å². The van der Waals surface area contributed by atoms with Crippen molar-refractivity contribution in [1.82, 2.24) is 4.57 Å². The molecule has 0 spiro atoms. The van der Waals surface area contributed by atoms with Crippen molar-refractivity contribution in [3.8, 4) is 27.8 Å². The molecule has 2 aromatic carbocycles. The molecule has 0 aliphatic heterocycles. The van der Waals surface area contributed by atoms with Crippen molar-refractivity contribution in [3.63, 3.8) is 0 Å². The third-order valence-corrected chi connectivity index (χ3v) is 8.04. The van der Waals surface area contributed by atoms with Gasteiger partial charge in [0.15, 0.2) is 9.84 Å². The van der Waals surface area contributed by atoms with Crippen molar-refractivity contribution in [3.05, 3.63) is 98.2 Å². The second-order valence-corrected chi connectivity index (χ2v) is 11.6. The first kappa shape index (κ1) is 29.9. The molecule has 4 rings (SSSR count). The van der Waals surface area contributed by atoms with Crippen molar-refractivity contribution in [2.24, 2.45) is 0 Å². The molecule has 0 radical (unpaired) electrons. The lowest BCUT2D eigenvalue weighted by Gasteiger charge is -2.17. The predicted octanol–water partition coefficient (Wildman–Crippen LogP) is 6.88. The number of sulfone groups is 1. The molecule has 0 atom stereocenters. The van der Waals surface area contributed by atoms with Crippen LogP contribution in [0.25, 0.3) is 21.7 Å². The molecule has 2 heterocycles. The number of hydrogen-bond donors (Lipinski definition) is 0. The molecule has 0 unspecified atom stereocenters. The molecule has 15 heteroatoms. The van der Waals surface area contributed by atoms with E-state index in [1.54, 1.807) is 0 Å². The molecule has 41 heavy (non-hydrogen) atoms. The Morgan fingerprint density at radius 3 is 2.12 bits per heavy atom. The Balaban J connectivity index is 1.94. The maximum absolute atomic E-state index is 14.4. The molecule has 0 amide bonds. The highest BCUT2D eigenvalue weighted by molar-refractivity contribution is 7.90. The fourth-order valence-corrected chi connectivity index (χ4v) is 5.87. The van der Waals surface area contributed by atoms with E-state index in [0.717, 1.165) is 35.6 Å². The van der Waals surface area contributed by atoms with Gasteiger partial charge in [0.25, 0.3) is 5.56 Å². The minimum Gasteiger partial charge on any atom is -0.302 e. The van der Waals surface area contributed by atoms with E-state index in [9.17, 15) is 53.6 Å². The molecule has 0 aliphatic rings. The van der Waals surface area contributed by atoms with Gasteiger partial charge < -0.3 is 4.57 Å². The normalized spacial score (nSPS) is 12.4. The van der Waals surface area contributed by atoms with Crippen LogP contribution in [0.5, 0.6) is 0 Å². The van der Waals surface area contributed by atoms with Gasteiger partial charge in [-0.15, -0.1) is 11.3 Å². The van der Waals surface area contributed by atoms with Crippen molar-refractivity contribution in [2.45, 2.75) is 23.8 Å². The highest BCUT2D eigenvalue weighted by Crippen LogP contribution is 2.40. The van der Waals surface area contributed by atoms with Crippen LogP contribution >= 0.6 is 11.3 Å². The number of aromatic nitrogens is 1. The monoisotopic (exact) mass is 618 g/mol. The summed E-state index contributed by atoms with van der Waals surface area (Å²) in [4.78, 5) is 12.0. The SMILES string of the molecule is CS(=O)(=O)c1ccc(-c2csc(-c3cc(C(F)(F)F)c(C#N)c(=O)n3Cc3ccc(F)cc3F)c2)cc1C(F)(F)F. The van der Waals surface area contributed by atoms with Crippen molar-refractivity contribution < 1.29 is 43.5 Å². The summed E-state index contributed by atoms with van der Waals surface area (Å²) >= 11 is 0.730. The average Bonchev–Trinajstić information content (AvgIpc) is 3.34. The second-order valence-electron chi connectivity index (χ2n) is 8.74. The van der Waals surface area contributed by atoms with Gasteiger partial charge >= 0.3 is 12.4 Å². The Morgan fingerprint density at radius 1 is 0.902 bits per heavy atom. The zero-order valence-corrected chi connectivity index (χ0v) is 22.0. The summed E-state index contributed by atoms with van der Waals surface area (Å²) in [5.41, 5.74) is -6.55.